The van der Waals surface area contributed by atoms with Crippen LogP contribution in [0.15, 0.2) is 53.8 Å². The predicted octanol–water partition coefficient (Wildman–Crippen LogP) is 3.52. The van der Waals surface area contributed by atoms with Crippen LogP contribution in [0.3, 0.4) is 0 Å². The molecule has 3 aromatic rings. The van der Waals surface area contributed by atoms with Crippen molar-refractivity contribution >= 4 is 11.8 Å². The third-order valence-electron chi connectivity index (χ3n) is 3.54. The molecule has 0 fully saturated rings. The second kappa shape index (κ2) is 6.75. The Labute approximate surface area is 134 Å². The van der Waals surface area contributed by atoms with Gasteiger partial charge in [-0.3, -0.25) is 4.98 Å². The van der Waals surface area contributed by atoms with Gasteiger partial charge in [0.15, 0.2) is 11.0 Å². The number of aromatic nitrogens is 4. The Morgan fingerprint density at radius 2 is 1.86 bits per heavy atom. The molecular formula is C17H18N4S. The lowest BCUT2D eigenvalue weighted by molar-refractivity contribution is 0.793. The molecule has 0 N–H and O–H groups in total. The summed E-state index contributed by atoms with van der Waals surface area (Å²) >= 11 is 1.71. The molecule has 0 aliphatic heterocycles. The van der Waals surface area contributed by atoms with Crippen LogP contribution in [0, 0.1) is 6.92 Å². The van der Waals surface area contributed by atoms with Crippen LogP contribution < -0.4 is 0 Å². The molecule has 0 unspecified atom stereocenters. The first-order valence-corrected chi connectivity index (χ1v) is 8.22. The van der Waals surface area contributed by atoms with Gasteiger partial charge in [-0.1, -0.05) is 42.1 Å². The monoisotopic (exact) mass is 310 g/mol. The van der Waals surface area contributed by atoms with Gasteiger partial charge in [0.2, 0.25) is 0 Å². The average Bonchev–Trinajstić information content (AvgIpc) is 2.90. The van der Waals surface area contributed by atoms with Gasteiger partial charge in [0.1, 0.15) is 0 Å². The van der Waals surface area contributed by atoms with Crippen molar-refractivity contribution in [1.29, 1.82) is 0 Å². The van der Waals surface area contributed by atoms with Gasteiger partial charge in [-0.2, -0.15) is 0 Å². The number of pyridine rings is 1. The average molecular weight is 310 g/mol. The highest BCUT2D eigenvalue weighted by Crippen LogP contribution is 2.25. The minimum atomic E-state index is 0.915. The fourth-order valence-corrected chi connectivity index (χ4v) is 3.16. The molecule has 5 heteroatoms. The first-order valence-electron chi connectivity index (χ1n) is 7.24. The molecule has 112 valence electrons. The van der Waals surface area contributed by atoms with Gasteiger partial charge >= 0.3 is 0 Å². The van der Waals surface area contributed by atoms with E-state index in [9.17, 15) is 0 Å². The Bertz CT molecular complexity index is 752. The topological polar surface area (TPSA) is 43.6 Å². The zero-order chi connectivity index (χ0) is 15.4. The van der Waals surface area contributed by atoms with Gasteiger partial charge in [-0.05, 0) is 31.0 Å². The fourth-order valence-electron chi connectivity index (χ4n) is 2.29. The summed E-state index contributed by atoms with van der Waals surface area (Å²) < 4.78 is 2.06. The lowest BCUT2D eigenvalue weighted by Gasteiger charge is -2.06. The maximum atomic E-state index is 4.35. The van der Waals surface area contributed by atoms with Crippen molar-refractivity contribution < 1.29 is 0 Å². The highest BCUT2D eigenvalue weighted by molar-refractivity contribution is 7.99. The van der Waals surface area contributed by atoms with Crippen LogP contribution in [-0.4, -0.2) is 25.5 Å². The summed E-state index contributed by atoms with van der Waals surface area (Å²) in [5.74, 6) is 1.86. The Morgan fingerprint density at radius 3 is 2.64 bits per heavy atom. The molecule has 0 spiro atoms. The van der Waals surface area contributed by atoms with Crippen molar-refractivity contribution in [2.24, 2.45) is 7.05 Å². The molecule has 22 heavy (non-hydrogen) atoms. The number of aryl methyl sites for hydroxylation is 2. The van der Waals surface area contributed by atoms with Crippen molar-refractivity contribution in [3.8, 4) is 11.4 Å². The van der Waals surface area contributed by atoms with E-state index in [0.29, 0.717) is 0 Å². The molecule has 1 aromatic carbocycles. The Morgan fingerprint density at radius 1 is 1.05 bits per heavy atom. The van der Waals surface area contributed by atoms with Crippen molar-refractivity contribution in [2.75, 3.05) is 5.75 Å². The number of thioether (sulfide) groups is 1. The second-order valence-corrected chi connectivity index (χ2v) is 6.16. The molecule has 0 aliphatic rings. The molecule has 0 amide bonds. The zero-order valence-corrected chi connectivity index (χ0v) is 13.5. The van der Waals surface area contributed by atoms with Crippen LogP contribution in [0.4, 0.5) is 0 Å². The van der Waals surface area contributed by atoms with Crippen molar-refractivity contribution in [1.82, 2.24) is 19.7 Å². The van der Waals surface area contributed by atoms with Crippen LogP contribution >= 0.6 is 11.8 Å². The summed E-state index contributed by atoms with van der Waals surface area (Å²) in [6, 6.07) is 14.3. The number of hydrogen-bond acceptors (Lipinski definition) is 4. The number of hydrogen-bond donors (Lipinski definition) is 0. The molecule has 2 heterocycles. The highest BCUT2D eigenvalue weighted by atomic mass is 32.2. The maximum Gasteiger partial charge on any atom is 0.191 e. The number of rotatable bonds is 5. The minimum absolute atomic E-state index is 0.915. The van der Waals surface area contributed by atoms with Gasteiger partial charge in [0.25, 0.3) is 0 Å². The van der Waals surface area contributed by atoms with E-state index in [1.165, 1.54) is 5.56 Å². The van der Waals surface area contributed by atoms with E-state index >= 15 is 0 Å². The largest absolute Gasteiger partial charge is 0.305 e. The lowest BCUT2D eigenvalue weighted by Crippen LogP contribution is -1.98. The molecule has 3 rings (SSSR count). The Hall–Kier alpha value is -2.14. The second-order valence-electron chi connectivity index (χ2n) is 5.10. The van der Waals surface area contributed by atoms with Crippen LogP contribution in [0.1, 0.15) is 11.3 Å². The van der Waals surface area contributed by atoms with Crippen molar-refractivity contribution in [3.63, 3.8) is 0 Å². The normalized spacial score (nSPS) is 10.8. The highest BCUT2D eigenvalue weighted by Gasteiger charge is 2.12. The van der Waals surface area contributed by atoms with Crippen LogP contribution in [0.5, 0.6) is 0 Å². The summed E-state index contributed by atoms with van der Waals surface area (Å²) in [6.45, 7) is 2.10. The standard InChI is InChI=1S/C17H18N4S/c1-13-7-3-4-9-15(13)16-19-20-17(21(16)2)22-12-10-14-8-5-6-11-18-14/h3-9,11H,10,12H2,1-2H3. The number of nitrogens with zero attached hydrogens (tertiary/aromatic N) is 4. The first kappa shape index (κ1) is 14.8. The van der Waals surface area contributed by atoms with E-state index in [-0.39, 0.29) is 0 Å². The van der Waals surface area contributed by atoms with Gasteiger partial charge in [-0.15, -0.1) is 10.2 Å². The number of benzene rings is 1. The molecule has 4 nitrogen and oxygen atoms in total. The van der Waals surface area contributed by atoms with Gasteiger partial charge in [-0.25, -0.2) is 0 Å². The van der Waals surface area contributed by atoms with E-state index in [0.717, 1.165) is 34.4 Å². The van der Waals surface area contributed by atoms with E-state index in [2.05, 4.69) is 44.9 Å². The Balaban J connectivity index is 1.70. The summed E-state index contributed by atoms with van der Waals surface area (Å²) in [7, 11) is 2.02. The smallest absolute Gasteiger partial charge is 0.191 e. The SMILES string of the molecule is Cc1ccccc1-c1nnc(SCCc2ccccn2)n1C. The Kier molecular flexibility index (Phi) is 4.53. The molecule has 0 bridgehead atoms. The molecule has 2 aromatic heterocycles. The fraction of sp³-hybridized carbons (Fsp3) is 0.235. The van der Waals surface area contributed by atoms with Crippen LogP contribution in [-0.2, 0) is 13.5 Å². The molecule has 0 saturated carbocycles. The zero-order valence-electron chi connectivity index (χ0n) is 12.7. The first-order chi connectivity index (χ1) is 10.8. The lowest BCUT2D eigenvalue weighted by atomic mass is 10.1. The van der Waals surface area contributed by atoms with Gasteiger partial charge in [0.05, 0.1) is 0 Å². The van der Waals surface area contributed by atoms with E-state index < -0.39 is 0 Å². The van der Waals surface area contributed by atoms with E-state index in [4.69, 9.17) is 0 Å². The summed E-state index contributed by atoms with van der Waals surface area (Å²) in [6.07, 6.45) is 2.76. The van der Waals surface area contributed by atoms with E-state index in [1.54, 1.807) is 11.8 Å². The van der Waals surface area contributed by atoms with Crippen molar-refractivity contribution in [3.05, 3.63) is 59.9 Å². The summed E-state index contributed by atoms with van der Waals surface area (Å²) in [4.78, 5) is 4.34. The quantitative estimate of drug-likeness (QED) is 0.676. The van der Waals surface area contributed by atoms with Crippen LogP contribution in [0.2, 0.25) is 0 Å². The summed E-state index contributed by atoms with van der Waals surface area (Å²) in [5, 5.41) is 9.61. The third-order valence-corrected chi connectivity index (χ3v) is 4.56. The van der Waals surface area contributed by atoms with Gasteiger partial charge in [0, 0.05) is 30.3 Å². The molecule has 0 radical (unpaired) electrons. The minimum Gasteiger partial charge on any atom is -0.305 e. The third kappa shape index (κ3) is 3.20. The molecule has 0 aliphatic carbocycles. The molecular weight excluding hydrogens is 292 g/mol. The molecule has 0 atom stereocenters. The summed E-state index contributed by atoms with van der Waals surface area (Å²) in [5.41, 5.74) is 3.45. The van der Waals surface area contributed by atoms with Crippen molar-refractivity contribution in [2.45, 2.75) is 18.5 Å². The molecule has 0 saturated heterocycles. The van der Waals surface area contributed by atoms with Gasteiger partial charge < -0.3 is 4.57 Å². The maximum absolute atomic E-state index is 4.35. The van der Waals surface area contributed by atoms with Crippen LogP contribution in [0.25, 0.3) is 11.4 Å². The van der Waals surface area contributed by atoms with E-state index in [1.807, 2.05) is 37.5 Å². The predicted molar refractivity (Wildman–Crippen MR) is 89.8 cm³/mol.